The van der Waals surface area contributed by atoms with Gasteiger partial charge in [0.1, 0.15) is 0 Å². The summed E-state index contributed by atoms with van der Waals surface area (Å²) in [5.41, 5.74) is 0. The van der Waals surface area contributed by atoms with Crippen molar-refractivity contribution in [2.45, 2.75) is 12.3 Å². The third-order valence-corrected chi connectivity index (χ3v) is 3.59. The average Bonchev–Trinajstić information content (AvgIpc) is 2.16. The highest BCUT2D eigenvalue weighted by molar-refractivity contribution is 7.87. The number of nitrogens with zero attached hydrogens (tertiary/aromatic N) is 1. The molecule has 5 nitrogen and oxygen atoms in total. The Kier molecular flexibility index (Phi) is 4.59. The minimum absolute atomic E-state index is 0.203. The van der Waals surface area contributed by atoms with Gasteiger partial charge in [-0.05, 0) is 6.92 Å². The summed E-state index contributed by atoms with van der Waals surface area (Å²) in [4.78, 5) is 0. The molecule has 1 rings (SSSR count). The van der Waals surface area contributed by atoms with Gasteiger partial charge in [0.05, 0.1) is 13.2 Å². The lowest BCUT2D eigenvalue weighted by Crippen LogP contribution is -2.47. The van der Waals surface area contributed by atoms with Crippen LogP contribution in [0.5, 0.6) is 0 Å². The minimum atomic E-state index is -3.36. The molecule has 0 bridgehead atoms. The van der Waals surface area contributed by atoms with Gasteiger partial charge >= 0.3 is 0 Å². The van der Waals surface area contributed by atoms with Gasteiger partial charge in [-0.3, -0.25) is 0 Å². The molecule has 0 aromatic heterocycles. The molecule has 84 valence electrons. The van der Waals surface area contributed by atoms with E-state index in [1.54, 1.807) is 6.92 Å². The normalized spacial score (nSPS) is 22.1. The highest BCUT2D eigenvalue weighted by Crippen LogP contribution is 2.03. The molecule has 1 unspecified atom stereocenters. The summed E-state index contributed by atoms with van der Waals surface area (Å²) in [5.74, 6) is 0. The summed E-state index contributed by atoms with van der Waals surface area (Å²) in [5, 5.41) is -0.203. The highest BCUT2D eigenvalue weighted by atomic mass is 35.5. The smallest absolute Gasteiger partial charge is 0.279 e. The van der Waals surface area contributed by atoms with Crippen LogP contribution in [0.1, 0.15) is 6.92 Å². The topological polar surface area (TPSA) is 58.6 Å². The molecule has 0 amide bonds. The third kappa shape index (κ3) is 3.70. The molecular formula is C7H15ClN2O3S. The van der Waals surface area contributed by atoms with Gasteiger partial charge in [0.25, 0.3) is 10.2 Å². The van der Waals surface area contributed by atoms with E-state index in [4.69, 9.17) is 16.3 Å². The van der Waals surface area contributed by atoms with Gasteiger partial charge in [0.15, 0.2) is 0 Å². The van der Waals surface area contributed by atoms with Gasteiger partial charge in [-0.2, -0.15) is 12.7 Å². The zero-order valence-corrected chi connectivity index (χ0v) is 9.64. The molecule has 0 aromatic rings. The Morgan fingerprint density at radius 3 is 2.57 bits per heavy atom. The van der Waals surface area contributed by atoms with Crippen LogP contribution < -0.4 is 4.72 Å². The van der Waals surface area contributed by atoms with Crippen molar-refractivity contribution in [1.29, 1.82) is 0 Å². The predicted molar refractivity (Wildman–Crippen MR) is 54.6 cm³/mol. The Balaban J connectivity index is 2.46. The lowest BCUT2D eigenvalue weighted by molar-refractivity contribution is 0.0725. The molecule has 1 atom stereocenters. The van der Waals surface area contributed by atoms with E-state index >= 15 is 0 Å². The van der Waals surface area contributed by atoms with Crippen LogP contribution in [0.4, 0.5) is 0 Å². The Morgan fingerprint density at radius 2 is 2.07 bits per heavy atom. The number of hydrogen-bond donors (Lipinski definition) is 1. The number of alkyl halides is 1. The zero-order chi connectivity index (χ0) is 10.6. The van der Waals surface area contributed by atoms with E-state index in [1.165, 1.54) is 4.31 Å². The molecule has 7 heteroatoms. The van der Waals surface area contributed by atoms with Gasteiger partial charge in [-0.15, -0.1) is 11.6 Å². The fourth-order valence-electron chi connectivity index (χ4n) is 1.10. The van der Waals surface area contributed by atoms with Gasteiger partial charge in [-0.25, -0.2) is 4.72 Å². The number of rotatable bonds is 4. The molecule has 1 fully saturated rings. The van der Waals surface area contributed by atoms with Crippen LogP contribution in [0.2, 0.25) is 0 Å². The van der Waals surface area contributed by atoms with Crippen LogP contribution in [0.15, 0.2) is 0 Å². The Bertz CT molecular complexity index is 262. The third-order valence-electron chi connectivity index (χ3n) is 1.86. The highest BCUT2D eigenvalue weighted by Gasteiger charge is 2.23. The first-order chi connectivity index (χ1) is 6.52. The van der Waals surface area contributed by atoms with Crippen molar-refractivity contribution >= 4 is 21.8 Å². The van der Waals surface area contributed by atoms with Crippen LogP contribution in [0.25, 0.3) is 0 Å². The van der Waals surface area contributed by atoms with Crippen molar-refractivity contribution < 1.29 is 13.2 Å². The Hall–Kier alpha value is 0.120. The maximum Gasteiger partial charge on any atom is 0.279 e. The van der Waals surface area contributed by atoms with Crippen LogP contribution >= 0.6 is 11.6 Å². The second-order valence-electron chi connectivity index (χ2n) is 3.15. The molecule has 14 heavy (non-hydrogen) atoms. The van der Waals surface area contributed by atoms with E-state index in [9.17, 15) is 8.42 Å². The zero-order valence-electron chi connectivity index (χ0n) is 8.07. The molecule has 0 aliphatic carbocycles. The summed E-state index contributed by atoms with van der Waals surface area (Å²) < 4.78 is 32.1. The standard InChI is InChI=1S/C7H15ClN2O3S/c1-7(8)6-9-14(11,12)10-2-4-13-5-3-10/h7,9H,2-6H2,1H3. The van der Waals surface area contributed by atoms with Crippen molar-refractivity contribution in [2.24, 2.45) is 0 Å². The predicted octanol–water partition coefficient (Wildman–Crippen LogP) is -0.220. The van der Waals surface area contributed by atoms with Gasteiger partial charge < -0.3 is 4.74 Å². The summed E-state index contributed by atoms with van der Waals surface area (Å²) in [6.07, 6.45) is 0. The van der Waals surface area contributed by atoms with Crippen molar-refractivity contribution in [3.63, 3.8) is 0 Å². The molecule has 0 aromatic carbocycles. The van der Waals surface area contributed by atoms with E-state index in [1.807, 2.05) is 0 Å². The molecule has 1 aliphatic heterocycles. The van der Waals surface area contributed by atoms with Crippen molar-refractivity contribution in [2.75, 3.05) is 32.8 Å². The number of halogens is 1. The van der Waals surface area contributed by atoms with Crippen LogP contribution in [0.3, 0.4) is 0 Å². The summed E-state index contributed by atoms with van der Waals surface area (Å²) in [6.45, 7) is 3.72. The van der Waals surface area contributed by atoms with E-state index in [2.05, 4.69) is 4.72 Å². The van der Waals surface area contributed by atoms with Crippen molar-refractivity contribution in [3.05, 3.63) is 0 Å². The van der Waals surface area contributed by atoms with E-state index in [0.717, 1.165) is 0 Å². The van der Waals surface area contributed by atoms with Crippen LogP contribution in [-0.2, 0) is 14.9 Å². The van der Waals surface area contributed by atoms with Crippen molar-refractivity contribution in [3.8, 4) is 0 Å². The maximum atomic E-state index is 11.6. The second kappa shape index (κ2) is 5.27. The Morgan fingerprint density at radius 1 is 1.50 bits per heavy atom. The number of ether oxygens (including phenoxy) is 1. The minimum Gasteiger partial charge on any atom is -0.379 e. The Labute approximate surface area is 89.5 Å². The summed E-state index contributed by atoms with van der Waals surface area (Å²) in [7, 11) is -3.36. The number of hydrogen-bond acceptors (Lipinski definition) is 3. The first-order valence-electron chi connectivity index (χ1n) is 4.49. The van der Waals surface area contributed by atoms with Crippen LogP contribution in [0, 0.1) is 0 Å². The van der Waals surface area contributed by atoms with E-state index in [0.29, 0.717) is 26.3 Å². The first kappa shape index (κ1) is 12.2. The van der Waals surface area contributed by atoms with E-state index < -0.39 is 10.2 Å². The summed E-state index contributed by atoms with van der Waals surface area (Å²) in [6, 6.07) is 0. The molecule has 1 aliphatic rings. The average molecular weight is 243 g/mol. The molecule has 1 saturated heterocycles. The van der Waals surface area contributed by atoms with Gasteiger partial charge in [0, 0.05) is 25.0 Å². The molecule has 0 saturated carbocycles. The molecular weight excluding hydrogens is 228 g/mol. The van der Waals surface area contributed by atoms with Crippen molar-refractivity contribution in [1.82, 2.24) is 9.03 Å². The fraction of sp³-hybridized carbons (Fsp3) is 1.00. The summed E-state index contributed by atoms with van der Waals surface area (Å²) >= 11 is 5.65. The molecule has 1 heterocycles. The van der Waals surface area contributed by atoms with Gasteiger partial charge in [0.2, 0.25) is 0 Å². The largest absolute Gasteiger partial charge is 0.379 e. The lowest BCUT2D eigenvalue weighted by Gasteiger charge is -2.26. The molecule has 0 radical (unpaired) electrons. The maximum absolute atomic E-state index is 11.6. The van der Waals surface area contributed by atoms with Crippen LogP contribution in [-0.4, -0.2) is 50.9 Å². The van der Waals surface area contributed by atoms with E-state index in [-0.39, 0.29) is 11.9 Å². The monoisotopic (exact) mass is 242 g/mol. The lowest BCUT2D eigenvalue weighted by atomic mass is 10.5. The first-order valence-corrected chi connectivity index (χ1v) is 6.36. The number of morpholine rings is 1. The van der Waals surface area contributed by atoms with Gasteiger partial charge in [-0.1, -0.05) is 0 Å². The molecule has 1 N–H and O–H groups in total. The number of nitrogens with one attached hydrogen (secondary N) is 1. The SMILES string of the molecule is CC(Cl)CNS(=O)(=O)N1CCOCC1. The quantitative estimate of drug-likeness (QED) is 0.694. The second-order valence-corrected chi connectivity index (χ2v) is 5.65. The molecule has 0 spiro atoms. The fourth-order valence-corrected chi connectivity index (χ4v) is 2.54.